The summed E-state index contributed by atoms with van der Waals surface area (Å²) in [6, 6.07) is 8.05. The molecule has 1 aliphatic heterocycles. The number of hydrogen-bond acceptors (Lipinski definition) is 3. The molecule has 22 heavy (non-hydrogen) atoms. The van der Waals surface area contributed by atoms with Gasteiger partial charge in [0.05, 0.1) is 5.75 Å². The second-order valence-corrected chi connectivity index (χ2v) is 7.30. The third kappa shape index (κ3) is 4.71. The van der Waals surface area contributed by atoms with Crippen LogP contribution in [0.5, 0.6) is 0 Å². The first-order valence-corrected chi connectivity index (χ1v) is 9.31. The molecule has 1 aromatic carbocycles. The van der Waals surface area contributed by atoms with Crippen LogP contribution in [0.15, 0.2) is 24.3 Å². The van der Waals surface area contributed by atoms with Gasteiger partial charge in [-0.15, -0.1) is 0 Å². The van der Waals surface area contributed by atoms with E-state index in [-0.39, 0.29) is 5.91 Å². The van der Waals surface area contributed by atoms with E-state index in [1.165, 1.54) is 30.2 Å². The third-order valence-electron chi connectivity index (χ3n) is 4.07. The van der Waals surface area contributed by atoms with Gasteiger partial charge in [0.15, 0.2) is 0 Å². The highest BCUT2D eigenvalue weighted by atomic mass is 32.2. The van der Waals surface area contributed by atoms with Gasteiger partial charge in [-0.2, -0.15) is 0 Å². The number of carbonyl (C=O) groups excluding carboxylic acids is 1. The van der Waals surface area contributed by atoms with E-state index in [1.807, 2.05) is 18.2 Å². The zero-order valence-corrected chi connectivity index (χ0v) is 14.9. The first-order valence-electron chi connectivity index (χ1n) is 7.92. The molecule has 1 saturated heterocycles. The van der Waals surface area contributed by atoms with E-state index in [1.54, 1.807) is 0 Å². The van der Waals surface area contributed by atoms with Gasteiger partial charge in [0.2, 0.25) is 5.91 Å². The predicted octanol–water partition coefficient (Wildman–Crippen LogP) is 4.25. The van der Waals surface area contributed by atoms with Crippen LogP contribution in [-0.2, 0) is 4.79 Å². The maximum absolute atomic E-state index is 12.2. The summed E-state index contributed by atoms with van der Waals surface area (Å²) in [4.78, 5) is 14.4. The minimum absolute atomic E-state index is 0.0160. The molecular weight excluding hydrogens is 312 g/mol. The summed E-state index contributed by atoms with van der Waals surface area (Å²) in [6.07, 6.45) is 3.46. The minimum Gasteiger partial charge on any atom is -0.358 e. The van der Waals surface area contributed by atoms with Crippen molar-refractivity contribution < 1.29 is 4.79 Å². The van der Waals surface area contributed by atoms with Gasteiger partial charge in [-0.25, -0.2) is 0 Å². The smallest absolute Gasteiger partial charge is 0.234 e. The first kappa shape index (κ1) is 17.3. The highest BCUT2D eigenvalue weighted by molar-refractivity contribution is 8.23. The van der Waals surface area contributed by atoms with Crippen LogP contribution >= 0.6 is 24.0 Å². The van der Waals surface area contributed by atoms with E-state index >= 15 is 0 Å². The van der Waals surface area contributed by atoms with Crippen LogP contribution in [0.3, 0.4) is 0 Å². The van der Waals surface area contributed by atoms with Crippen molar-refractivity contribution in [3.8, 4) is 0 Å². The SMILES string of the molecule is CC[C@H](C)c1ccccc1NC(=O)CSC(=S)N1CCCC1. The van der Waals surface area contributed by atoms with Crippen molar-refractivity contribution in [3.05, 3.63) is 29.8 Å². The van der Waals surface area contributed by atoms with E-state index in [0.29, 0.717) is 11.7 Å². The summed E-state index contributed by atoms with van der Waals surface area (Å²) in [5, 5.41) is 3.03. The Bertz CT molecular complexity index is 527. The minimum atomic E-state index is 0.0160. The second kappa shape index (κ2) is 8.53. The highest BCUT2D eigenvalue weighted by Crippen LogP contribution is 2.26. The quantitative estimate of drug-likeness (QED) is 0.815. The van der Waals surface area contributed by atoms with Crippen molar-refractivity contribution in [1.29, 1.82) is 0 Å². The number of para-hydroxylation sites is 1. The number of nitrogens with zero attached hydrogens (tertiary/aromatic N) is 1. The standard InChI is InChI=1S/C17H24N2OS2/c1-3-13(2)14-8-4-5-9-15(14)18-16(20)12-22-17(21)19-10-6-7-11-19/h4-5,8-9,13H,3,6-7,10-12H2,1-2H3,(H,18,20)/t13-/m0/s1. The lowest BCUT2D eigenvalue weighted by Gasteiger charge is -2.18. The lowest BCUT2D eigenvalue weighted by molar-refractivity contribution is -0.113. The lowest BCUT2D eigenvalue weighted by Crippen LogP contribution is -2.25. The van der Waals surface area contributed by atoms with Crippen LogP contribution in [0.4, 0.5) is 5.69 Å². The van der Waals surface area contributed by atoms with Gasteiger partial charge in [-0.05, 0) is 36.8 Å². The Hall–Kier alpha value is -1.07. The fourth-order valence-electron chi connectivity index (χ4n) is 2.57. The molecule has 0 unspecified atom stereocenters. The van der Waals surface area contributed by atoms with Gasteiger partial charge in [0, 0.05) is 18.8 Å². The number of hydrogen-bond donors (Lipinski definition) is 1. The molecular formula is C17H24N2OS2. The van der Waals surface area contributed by atoms with Crippen LogP contribution < -0.4 is 5.32 Å². The molecule has 1 aliphatic rings. The Kier molecular flexibility index (Phi) is 6.70. The molecule has 1 aromatic rings. The van der Waals surface area contributed by atoms with Gasteiger partial charge in [0.25, 0.3) is 0 Å². The van der Waals surface area contributed by atoms with E-state index in [0.717, 1.165) is 29.5 Å². The molecule has 1 atom stereocenters. The topological polar surface area (TPSA) is 32.3 Å². The molecule has 1 heterocycles. The van der Waals surface area contributed by atoms with Crippen LogP contribution in [0.2, 0.25) is 0 Å². The van der Waals surface area contributed by atoms with E-state index in [4.69, 9.17) is 12.2 Å². The van der Waals surface area contributed by atoms with Crippen molar-refractivity contribution in [2.45, 2.75) is 39.0 Å². The van der Waals surface area contributed by atoms with Gasteiger partial charge < -0.3 is 10.2 Å². The summed E-state index contributed by atoms with van der Waals surface area (Å²) in [7, 11) is 0. The average Bonchev–Trinajstić information content (AvgIpc) is 3.07. The molecule has 0 spiro atoms. The number of thiocarbonyl (C=S) groups is 1. The third-order valence-corrected chi connectivity index (χ3v) is 5.59. The van der Waals surface area contributed by atoms with Gasteiger partial charge in [0.1, 0.15) is 4.32 Å². The lowest BCUT2D eigenvalue weighted by atomic mass is 9.97. The molecule has 0 saturated carbocycles. The molecule has 120 valence electrons. The predicted molar refractivity (Wildman–Crippen MR) is 99.6 cm³/mol. The van der Waals surface area contributed by atoms with Crippen LogP contribution in [0, 0.1) is 0 Å². The fraction of sp³-hybridized carbons (Fsp3) is 0.529. The molecule has 3 nitrogen and oxygen atoms in total. The highest BCUT2D eigenvalue weighted by Gasteiger charge is 2.17. The molecule has 0 radical (unpaired) electrons. The number of likely N-dealkylation sites (tertiary alicyclic amines) is 1. The van der Waals surface area contributed by atoms with E-state index in [9.17, 15) is 4.79 Å². The number of amides is 1. The molecule has 1 N–H and O–H groups in total. The van der Waals surface area contributed by atoms with Crippen molar-refractivity contribution >= 4 is 39.9 Å². The number of anilines is 1. The molecule has 1 fully saturated rings. The summed E-state index contributed by atoms with van der Waals surface area (Å²) in [5.74, 6) is 0.835. The first-order chi connectivity index (χ1) is 10.6. The Morgan fingerprint density at radius 2 is 2.05 bits per heavy atom. The number of benzene rings is 1. The average molecular weight is 337 g/mol. The monoisotopic (exact) mass is 336 g/mol. The number of thioether (sulfide) groups is 1. The Morgan fingerprint density at radius 3 is 2.73 bits per heavy atom. The fourth-order valence-corrected chi connectivity index (χ4v) is 3.62. The maximum Gasteiger partial charge on any atom is 0.234 e. The number of rotatable bonds is 5. The molecule has 0 bridgehead atoms. The second-order valence-electron chi connectivity index (χ2n) is 5.69. The number of carbonyl (C=O) groups is 1. The molecule has 2 rings (SSSR count). The summed E-state index contributed by atoms with van der Waals surface area (Å²) in [5.41, 5.74) is 2.13. The van der Waals surface area contributed by atoms with Crippen molar-refractivity contribution in [1.82, 2.24) is 4.90 Å². The Morgan fingerprint density at radius 1 is 1.36 bits per heavy atom. The van der Waals surface area contributed by atoms with Gasteiger partial charge in [-0.1, -0.05) is 56.0 Å². The van der Waals surface area contributed by atoms with E-state index in [2.05, 4.69) is 30.1 Å². The van der Waals surface area contributed by atoms with Gasteiger partial charge >= 0.3 is 0 Å². The zero-order chi connectivity index (χ0) is 15.9. The van der Waals surface area contributed by atoms with Crippen molar-refractivity contribution in [2.75, 3.05) is 24.2 Å². The van der Waals surface area contributed by atoms with Crippen LogP contribution in [0.25, 0.3) is 0 Å². The molecule has 0 aliphatic carbocycles. The summed E-state index contributed by atoms with van der Waals surface area (Å²) < 4.78 is 0.850. The maximum atomic E-state index is 12.2. The van der Waals surface area contributed by atoms with Crippen LogP contribution in [-0.4, -0.2) is 34.0 Å². The van der Waals surface area contributed by atoms with Crippen molar-refractivity contribution in [2.24, 2.45) is 0 Å². The zero-order valence-electron chi connectivity index (χ0n) is 13.3. The Balaban J connectivity index is 1.88. The normalized spacial score (nSPS) is 15.6. The Labute approximate surface area is 142 Å². The summed E-state index contributed by atoms with van der Waals surface area (Å²) >= 11 is 6.86. The largest absolute Gasteiger partial charge is 0.358 e. The number of nitrogens with one attached hydrogen (secondary N) is 1. The van der Waals surface area contributed by atoms with Crippen LogP contribution in [0.1, 0.15) is 44.6 Å². The molecule has 0 aromatic heterocycles. The summed E-state index contributed by atoms with van der Waals surface area (Å²) in [6.45, 7) is 6.41. The van der Waals surface area contributed by atoms with Gasteiger partial charge in [-0.3, -0.25) is 4.79 Å². The molecule has 1 amide bonds. The van der Waals surface area contributed by atoms with Crippen molar-refractivity contribution in [3.63, 3.8) is 0 Å². The molecule has 5 heteroatoms. The van der Waals surface area contributed by atoms with E-state index < -0.39 is 0 Å².